The molecule has 1 atom stereocenters. The van der Waals surface area contributed by atoms with E-state index in [1.54, 1.807) is 11.4 Å². The Hall–Kier alpha value is -0.510. The zero-order chi connectivity index (χ0) is 15.6. The predicted octanol–water partition coefficient (Wildman–Crippen LogP) is 0.976. The van der Waals surface area contributed by atoms with Gasteiger partial charge < -0.3 is 5.32 Å². The quantitative estimate of drug-likeness (QED) is 0.824. The number of halogens is 1. The first-order chi connectivity index (χ1) is 9.84. The van der Waals surface area contributed by atoms with Gasteiger partial charge >= 0.3 is 0 Å². The molecule has 1 aliphatic rings. The molecular formula is C12H22BrN5O2S. The Morgan fingerprint density at radius 3 is 2.71 bits per heavy atom. The predicted molar refractivity (Wildman–Crippen MR) is 83.3 cm³/mol. The molecule has 1 saturated heterocycles. The third-order valence-corrected chi connectivity index (χ3v) is 6.63. The van der Waals surface area contributed by atoms with Crippen LogP contribution in [-0.2, 0) is 17.1 Å². The Morgan fingerprint density at radius 2 is 2.24 bits per heavy atom. The zero-order valence-electron chi connectivity index (χ0n) is 12.6. The normalized spacial score (nSPS) is 20.4. The standard InChI is InChI=1S/C12H22BrN5O2S/c1-9(2)18(8-10-5-4-6-14-7-10)21(19,20)12-11(13)15-16-17(12)3/h9-10,14H,4-8H2,1-3H3. The summed E-state index contributed by atoms with van der Waals surface area (Å²) in [6.45, 7) is 6.19. The van der Waals surface area contributed by atoms with Gasteiger partial charge in [-0.25, -0.2) is 13.1 Å². The van der Waals surface area contributed by atoms with E-state index in [-0.39, 0.29) is 15.7 Å². The van der Waals surface area contributed by atoms with Crippen molar-refractivity contribution in [2.75, 3.05) is 19.6 Å². The molecule has 1 fully saturated rings. The maximum absolute atomic E-state index is 12.9. The molecule has 1 aromatic rings. The molecule has 0 bridgehead atoms. The van der Waals surface area contributed by atoms with Crippen LogP contribution in [0.2, 0.25) is 0 Å². The van der Waals surface area contributed by atoms with E-state index in [1.807, 2.05) is 13.8 Å². The largest absolute Gasteiger partial charge is 0.316 e. The van der Waals surface area contributed by atoms with Crippen molar-refractivity contribution in [1.29, 1.82) is 0 Å². The summed E-state index contributed by atoms with van der Waals surface area (Å²) in [5.74, 6) is 0.343. The molecule has 0 spiro atoms. The van der Waals surface area contributed by atoms with Crippen LogP contribution in [-0.4, -0.2) is 53.4 Å². The molecule has 0 amide bonds. The molecule has 1 aromatic heterocycles. The molecule has 21 heavy (non-hydrogen) atoms. The number of nitrogens with zero attached hydrogens (tertiary/aromatic N) is 4. The molecule has 2 rings (SSSR count). The molecule has 1 N–H and O–H groups in total. The first kappa shape index (κ1) is 16.9. The average molecular weight is 380 g/mol. The topological polar surface area (TPSA) is 80.1 Å². The fourth-order valence-corrected chi connectivity index (χ4v) is 5.38. The van der Waals surface area contributed by atoms with Gasteiger partial charge in [0.25, 0.3) is 10.0 Å². The van der Waals surface area contributed by atoms with Crippen LogP contribution in [0.15, 0.2) is 9.63 Å². The van der Waals surface area contributed by atoms with Crippen molar-refractivity contribution in [3.8, 4) is 0 Å². The maximum atomic E-state index is 12.9. The second-order valence-electron chi connectivity index (χ2n) is 5.69. The van der Waals surface area contributed by atoms with Gasteiger partial charge in [0.1, 0.15) is 0 Å². The van der Waals surface area contributed by atoms with Crippen molar-refractivity contribution in [3.63, 3.8) is 0 Å². The molecule has 2 heterocycles. The van der Waals surface area contributed by atoms with Crippen LogP contribution in [0.4, 0.5) is 0 Å². The molecule has 0 aromatic carbocycles. The van der Waals surface area contributed by atoms with Gasteiger partial charge in [0, 0.05) is 19.6 Å². The van der Waals surface area contributed by atoms with Gasteiger partial charge in [-0.1, -0.05) is 5.21 Å². The highest BCUT2D eigenvalue weighted by Crippen LogP contribution is 2.25. The van der Waals surface area contributed by atoms with Crippen molar-refractivity contribution in [1.82, 2.24) is 24.6 Å². The van der Waals surface area contributed by atoms with Crippen molar-refractivity contribution >= 4 is 26.0 Å². The van der Waals surface area contributed by atoms with Gasteiger partial charge in [-0.15, -0.1) is 5.10 Å². The van der Waals surface area contributed by atoms with E-state index in [1.165, 1.54) is 4.68 Å². The van der Waals surface area contributed by atoms with Crippen LogP contribution >= 0.6 is 15.9 Å². The van der Waals surface area contributed by atoms with Crippen molar-refractivity contribution < 1.29 is 8.42 Å². The minimum absolute atomic E-state index is 0.111. The number of hydrogen-bond donors (Lipinski definition) is 1. The molecule has 9 heteroatoms. The second kappa shape index (κ2) is 6.72. The van der Waals surface area contributed by atoms with Gasteiger partial charge in [-0.3, -0.25) is 0 Å². The summed E-state index contributed by atoms with van der Waals surface area (Å²) in [4.78, 5) is 0. The third-order valence-electron chi connectivity index (χ3n) is 3.70. The van der Waals surface area contributed by atoms with E-state index < -0.39 is 10.0 Å². The van der Waals surface area contributed by atoms with Crippen LogP contribution < -0.4 is 5.32 Å². The van der Waals surface area contributed by atoms with E-state index in [9.17, 15) is 8.42 Å². The minimum atomic E-state index is -3.62. The van der Waals surface area contributed by atoms with Gasteiger partial charge in [0.05, 0.1) is 0 Å². The Morgan fingerprint density at radius 1 is 1.52 bits per heavy atom. The lowest BCUT2D eigenvalue weighted by Crippen LogP contribution is -2.44. The smallest absolute Gasteiger partial charge is 0.263 e. The lowest BCUT2D eigenvalue weighted by atomic mass is 9.99. The molecule has 1 aliphatic heterocycles. The molecule has 120 valence electrons. The minimum Gasteiger partial charge on any atom is -0.316 e. The summed E-state index contributed by atoms with van der Waals surface area (Å²) in [5, 5.41) is 11.0. The van der Waals surface area contributed by atoms with Crippen LogP contribution in [0.25, 0.3) is 0 Å². The summed E-state index contributed by atoms with van der Waals surface area (Å²) < 4.78 is 29.0. The Bertz CT molecular complexity index is 561. The van der Waals surface area contributed by atoms with Crippen LogP contribution in [0.3, 0.4) is 0 Å². The van der Waals surface area contributed by atoms with Gasteiger partial charge in [0.15, 0.2) is 4.60 Å². The number of hydrogen-bond acceptors (Lipinski definition) is 5. The van der Waals surface area contributed by atoms with Crippen LogP contribution in [0, 0.1) is 5.92 Å². The highest BCUT2D eigenvalue weighted by molar-refractivity contribution is 9.10. The van der Waals surface area contributed by atoms with E-state index >= 15 is 0 Å². The van der Waals surface area contributed by atoms with Crippen molar-refractivity contribution in [2.24, 2.45) is 13.0 Å². The number of aryl methyl sites for hydroxylation is 1. The van der Waals surface area contributed by atoms with Crippen molar-refractivity contribution in [3.05, 3.63) is 4.60 Å². The molecule has 0 aliphatic carbocycles. The summed E-state index contributed by atoms with van der Waals surface area (Å²) in [7, 11) is -2.03. The lowest BCUT2D eigenvalue weighted by Gasteiger charge is -2.31. The summed E-state index contributed by atoms with van der Waals surface area (Å²) in [6, 6.07) is -0.112. The van der Waals surface area contributed by atoms with Gasteiger partial charge in [-0.2, -0.15) is 4.31 Å². The van der Waals surface area contributed by atoms with E-state index in [4.69, 9.17) is 0 Å². The Kier molecular flexibility index (Phi) is 5.39. The maximum Gasteiger partial charge on any atom is 0.263 e. The highest BCUT2D eigenvalue weighted by atomic mass is 79.9. The monoisotopic (exact) mass is 379 g/mol. The summed E-state index contributed by atoms with van der Waals surface area (Å²) in [6.07, 6.45) is 2.14. The second-order valence-corrected chi connectivity index (χ2v) is 8.25. The first-order valence-electron chi connectivity index (χ1n) is 7.11. The molecular weight excluding hydrogens is 358 g/mol. The van der Waals surface area contributed by atoms with Gasteiger partial charge in [0.2, 0.25) is 5.03 Å². The average Bonchev–Trinajstić information content (AvgIpc) is 2.76. The molecule has 1 unspecified atom stereocenters. The summed E-state index contributed by atoms with van der Waals surface area (Å²) >= 11 is 3.18. The third kappa shape index (κ3) is 3.64. The SMILES string of the molecule is CC(C)N(CC1CCCNC1)S(=O)(=O)c1c(Br)nnn1C. The van der Waals surface area contributed by atoms with Gasteiger partial charge in [-0.05, 0) is 61.6 Å². The van der Waals surface area contributed by atoms with Crippen LogP contribution in [0.1, 0.15) is 26.7 Å². The van der Waals surface area contributed by atoms with E-state index in [0.29, 0.717) is 12.5 Å². The number of nitrogens with one attached hydrogen (secondary N) is 1. The first-order valence-corrected chi connectivity index (χ1v) is 9.35. The molecule has 7 nitrogen and oxygen atoms in total. The van der Waals surface area contributed by atoms with E-state index in [0.717, 1.165) is 25.9 Å². The van der Waals surface area contributed by atoms with Crippen molar-refractivity contribution in [2.45, 2.75) is 37.8 Å². The summed E-state index contributed by atoms with van der Waals surface area (Å²) in [5.41, 5.74) is 0. The fourth-order valence-electron chi connectivity index (χ4n) is 2.63. The van der Waals surface area contributed by atoms with E-state index in [2.05, 4.69) is 31.6 Å². The molecule has 0 saturated carbocycles. The Labute approximate surface area is 134 Å². The zero-order valence-corrected chi connectivity index (χ0v) is 15.0. The fraction of sp³-hybridized carbons (Fsp3) is 0.833. The number of aromatic nitrogens is 3. The number of rotatable bonds is 5. The number of piperidine rings is 1. The number of sulfonamides is 1. The molecule has 0 radical (unpaired) electrons. The lowest BCUT2D eigenvalue weighted by molar-refractivity contribution is 0.262. The Balaban J connectivity index is 2.28. The van der Waals surface area contributed by atoms with Crippen LogP contribution in [0.5, 0.6) is 0 Å². The highest BCUT2D eigenvalue weighted by Gasteiger charge is 2.34.